The summed E-state index contributed by atoms with van der Waals surface area (Å²) >= 11 is 0.230. The number of benzene rings is 4. The number of alkyl halides is 3. The van der Waals surface area contributed by atoms with Crippen molar-refractivity contribution in [1.82, 2.24) is 4.98 Å². The van der Waals surface area contributed by atoms with E-state index in [1.165, 1.54) is 38.5 Å². The van der Waals surface area contributed by atoms with Crippen molar-refractivity contribution in [2.45, 2.75) is 159 Å². The third kappa shape index (κ3) is 8.00. The molecule has 0 amide bonds. The third-order valence-electron chi connectivity index (χ3n) is 17.5. The van der Waals surface area contributed by atoms with Gasteiger partial charge in [-0.15, -0.1) is 0 Å². The van der Waals surface area contributed by atoms with Gasteiger partial charge in [0.2, 0.25) is 0 Å². The van der Waals surface area contributed by atoms with Gasteiger partial charge >= 0.3 is 38.7 Å². The van der Waals surface area contributed by atoms with Gasteiger partial charge in [-0.1, -0.05) is 137 Å². The summed E-state index contributed by atoms with van der Waals surface area (Å²) < 4.78 is 50.0. The molecular weight excluding hydrogens is 915 g/mol. The Morgan fingerprint density at radius 1 is 0.448 bits per heavy atom. The summed E-state index contributed by atoms with van der Waals surface area (Å²) in [5.74, 6) is -0.0508. The van der Waals surface area contributed by atoms with E-state index < -0.39 is 11.7 Å². The minimum absolute atomic E-state index is 0.0254. The number of halogens is 3. The molecule has 3 nitrogen and oxygen atoms in total. The van der Waals surface area contributed by atoms with E-state index in [9.17, 15) is 0 Å². The molecule has 0 spiro atoms. The maximum atomic E-state index is 15.2. The van der Waals surface area contributed by atoms with Gasteiger partial charge in [-0.25, -0.2) is 4.98 Å². The molecule has 4 aromatic carbocycles. The molecule has 8 fully saturated rings. The van der Waals surface area contributed by atoms with E-state index in [4.69, 9.17) is 4.98 Å². The maximum absolute atomic E-state index is 15.2. The van der Waals surface area contributed by atoms with Gasteiger partial charge in [0.15, 0.2) is 0 Å². The third-order valence-corrected chi connectivity index (χ3v) is 17.5. The van der Waals surface area contributed by atoms with E-state index in [0.29, 0.717) is 33.4 Å². The van der Waals surface area contributed by atoms with Crippen LogP contribution in [0.2, 0.25) is 9.26 Å². The van der Waals surface area contributed by atoms with Gasteiger partial charge < -0.3 is 10.2 Å². The molecule has 8 aliphatic carbocycles. The van der Waals surface area contributed by atoms with Crippen LogP contribution in [0.4, 0.5) is 13.2 Å². The minimum atomic E-state index is -4.68. The van der Waals surface area contributed by atoms with Gasteiger partial charge in [0.25, 0.3) is 0 Å². The van der Waals surface area contributed by atoms with E-state index in [2.05, 4.69) is 62.9 Å². The number of rotatable bonds is 6. The number of nitrogens with zero attached hydrogens (tertiary/aromatic N) is 1. The summed E-state index contributed by atoms with van der Waals surface area (Å²) in [4.78, 5) is 5.07. The Hall–Kier alpha value is -3.70. The predicted molar refractivity (Wildman–Crippen MR) is 258 cm³/mol. The normalized spacial score (nSPS) is 34.5. The van der Waals surface area contributed by atoms with Crippen molar-refractivity contribution in [3.8, 4) is 56.3 Å². The van der Waals surface area contributed by atoms with Crippen LogP contribution in [-0.4, -0.2) is 4.98 Å². The van der Waals surface area contributed by atoms with Crippen LogP contribution in [0.15, 0.2) is 84.9 Å². The summed E-state index contributed by atoms with van der Waals surface area (Å²) in [6, 6.07) is 24.9. The summed E-state index contributed by atoms with van der Waals surface area (Å²) in [6.07, 6.45) is 8.29. The Morgan fingerprint density at radius 3 is 1.01 bits per heavy atom. The summed E-state index contributed by atoms with van der Waals surface area (Å²) in [5, 5.41) is 30.3. The van der Waals surface area contributed by atoms with Crippen LogP contribution < -0.4 is 10.2 Å². The summed E-state index contributed by atoms with van der Waals surface area (Å²) in [6.45, 7) is 18.6. The molecule has 8 bridgehead atoms. The van der Waals surface area contributed by atoms with Crippen LogP contribution in [0.25, 0.3) is 44.8 Å². The molecule has 0 atom stereocenters. The number of pyridine rings is 1. The Balaban J connectivity index is 0.00000171. The molecule has 1 aromatic heterocycles. The van der Waals surface area contributed by atoms with Crippen molar-refractivity contribution in [3.05, 3.63) is 113 Å². The van der Waals surface area contributed by atoms with Crippen LogP contribution in [0.5, 0.6) is 11.5 Å². The molecule has 0 unspecified atom stereocenters. The van der Waals surface area contributed by atoms with E-state index in [1.54, 1.807) is 24.3 Å². The van der Waals surface area contributed by atoms with Crippen molar-refractivity contribution in [1.29, 1.82) is 0 Å². The fraction of sp³-hybridized carbons (Fsp3) is 0.517. The van der Waals surface area contributed by atoms with E-state index in [1.807, 2.05) is 50.2 Å². The summed E-state index contributed by atoms with van der Waals surface area (Å²) in [7, 11) is 0. The molecule has 13 rings (SSSR count). The van der Waals surface area contributed by atoms with E-state index >= 15 is 23.4 Å². The standard InChI is InChI=1S/C58H64F3NO2.2CH3.Zr/c1-35-17-42(48(63)44(19-35)56-29-50(3)23-51(4,30-56)25-52(5,24-50)31-56)38-13-9-11-15-40(38)46-21-37(58(59,60)61)22-47(62-46)41-16-12-10-14-39(41)43-18-36(2)20-45(49(43)64)57-32-53(6)26-54(7,33-57)28-55(8,27-53)34-57;;;/h9-22,63-64H,23-34H2,1-8H3;2*1H3;/q;;;+2/p-2. The van der Waals surface area contributed by atoms with Crippen LogP contribution in [0, 0.1) is 46.3 Å². The Labute approximate surface area is 409 Å². The first-order valence-corrected chi connectivity index (χ1v) is 29.7. The van der Waals surface area contributed by atoms with Gasteiger partial charge in [-0.3, -0.25) is 0 Å². The molecule has 0 radical (unpaired) electrons. The zero-order valence-electron chi connectivity index (χ0n) is 41.5. The van der Waals surface area contributed by atoms with Gasteiger partial charge in [-0.2, -0.15) is 13.2 Å². The fourth-order valence-corrected chi connectivity index (χ4v) is 18.7. The zero-order chi connectivity index (χ0) is 48.0. The van der Waals surface area contributed by atoms with Gasteiger partial charge in [-0.05, 0) is 180 Å². The van der Waals surface area contributed by atoms with Crippen molar-refractivity contribution in [2.24, 2.45) is 32.5 Å². The Bertz CT molecular complexity index is 2540. The average Bonchev–Trinajstić information content (AvgIpc) is 3.18. The Morgan fingerprint density at radius 2 is 0.731 bits per heavy atom. The molecule has 5 aromatic rings. The molecule has 1 heterocycles. The number of aromatic nitrogens is 1. The van der Waals surface area contributed by atoms with E-state index in [-0.39, 0.29) is 89.4 Å². The quantitative estimate of drug-likeness (QED) is 0.170. The molecule has 0 N–H and O–H groups in total. The second-order valence-corrected chi connectivity index (χ2v) is 28.1. The van der Waals surface area contributed by atoms with Gasteiger partial charge in [0, 0.05) is 11.1 Å². The second kappa shape index (κ2) is 15.4. The SMILES string of the molecule is Cc1cc(-c2ccccc2-c2cc(C(F)(F)F)cc(-c3ccccc3-c3cc(C)cc(C45CC6(C)CC(C)(CC(C)(C6)C4)C5)c3[O-])n2)c([O-])c(C23CC4(C)CC(C)(CC(C)(C4)C2)C3)c1.[CH3][Zr+2][CH3]. The second-order valence-electron chi connectivity index (χ2n) is 25.6. The molecule has 67 heavy (non-hydrogen) atoms. The van der Waals surface area contributed by atoms with Crippen molar-refractivity contribution in [2.75, 3.05) is 0 Å². The van der Waals surface area contributed by atoms with Crippen LogP contribution >= 0.6 is 0 Å². The Kier molecular flexibility index (Phi) is 10.8. The summed E-state index contributed by atoms with van der Waals surface area (Å²) in [5.41, 5.74) is 6.72. The first-order chi connectivity index (χ1) is 31.3. The molecule has 0 saturated heterocycles. The fourth-order valence-electron chi connectivity index (χ4n) is 18.7. The average molecular weight is 983 g/mol. The van der Waals surface area contributed by atoms with Gasteiger partial charge in [0.1, 0.15) is 0 Å². The molecular formula is C60H68F3NO2Zr. The van der Waals surface area contributed by atoms with Crippen LogP contribution in [-0.2, 0) is 40.2 Å². The molecule has 8 saturated carbocycles. The number of hydrogen-bond acceptors (Lipinski definition) is 3. The monoisotopic (exact) mass is 981 g/mol. The van der Waals surface area contributed by atoms with Crippen molar-refractivity contribution < 1.29 is 46.6 Å². The van der Waals surface area contributed by atoms with E-state index in [0.717, 1.165) is 72.9 Å². The van der Waals surface area contributed by atoms with Crippen molar-refractivity contribution in [3.63, 3.8) is 0 Å². The zero-order valence-corrected chi connectivity index (χ0v) is 43.9. The number of hydrogen-bond donors (Lipinski definition) is 0. The molecule has 0 aliphatic heterocycles. The molecule has 350 valence electrons. The van der Waals surface area contributed by atoms with Crippen LogP contribution in [0.1, 0.15) is 146 Å². The van der Waals surface area contributed by atoms with Gasteiger partial charge in [0.05, 0.1) is 17.0 Å². The van der Waals surface area contributed by atoms with Crippen LogP contribution in [0.3, 0.4) is 0 Å². The number of aryl methyl sites for hydroxylation is 2. The first-order valence-electron chi connectivity index (χ1n) is 24.8. The molecule has 8 aliphatic rings. The molecule has 7 heteroatoms. The first kappa shape index (κ1) is 47.0. The van der Waals surface area contributed by atoms with Crippen molar-refractivity contribution >= 4 is 0 Å². The topological polar surface area (TPSA) is 59.0 Å². The predicted octanol–water partition coefficient (Wildman–Crippen LogP) is 16.0.